The van der Waals surface area contributed by atoms with Crippen LogP contribution in [0.15, 0.2) is 35.3 Å². The number of nitrogens with zero attached hydrogens (tertiary/aromatic N) is 1. The number of rotatable bonds is 12. The Labute approximate surface area is 197 Å². The first-order chi connectivity index (χ1) is 14.1. The van der Waals surface area contributed by atoms with Crippen molar-refractivity contribution in [2.75, 3.05) is 45.1 Å². The zero-order valence-electron chi connectivity index (χ0n) is 17.6. The van der Waals surface area contributed by atoms with E-state index in [1.54, 1.807) is 0 Å². The molecule has 0 amide bonds. The van der Waals surface area contributed by atoms with Gasteiger partial charge in [-0.2, -0.15) is 0 Å². The number of para-hydroxylation sites is 1. The number of hydrogen-bond acceptors (Lipinski definition) is 5. The van der Waals surface area contributed by atoms with Crippen molar-refractivity contribution >= 4 is 40.0 Å². The molecule has 8 nitrogen and oxygen atoms in total. The van der Waals surface area contributed by atoms with E-state index in [1.807, 2.05) is 37.3 Å². The summed E-state index contributed by atoms with van der Waals surface area (Å²) in [6.45, 7) is 5.19. The first-order valence-corrected chi connectivity index (χ1v) is 12.0. The van der Waals surface area contributed by atoms with E-state index in [-0.39, 0.29) is 42.4 Å². The standard InChI is InChI=1S/C20H34N4O4S.HI/c1-2-21-20(22-12-8-15-27-18-9-4-3-5-10-18)23-13-16-29(25,26)24-17-19-11-6-7-14-28-19;/h3-5,9-10,19,24H,2,6-8,11-17H2,1H3,(H2,21,22,23);1H. The lowest BCUT2D eigenvalue weighted by atomic mass is 10.1. The van der Waals surface area contributed by atoms with Gasteiger partial charge in [0.2, 0.25) is 10.0 Å². The third-order valence-electron chi connectivity index (χ3n) is 4.40. The second-order valence-corrected chi connectivity index (χ2v) is 8.78. The predicted molar refractivity (Wildman–Crippen MR) is 131 cm³/mol. The van der Waals surface area contributed by atoms with E-state index in [4.69, 9.17) is 9.47 Å². The lowest BCUT2D eigenvalue weighted by molar-refractivity contribution is 0.0200. The average Bonchev–Trinajstić information content (AvgIpc) is 2.73. The van der Waals surface area contributed by atoms with Crippen LogP contribution in [0, 0.1) is 0 Å². The third kappa shape index (κ3) is 11.9. The molecule has 0 spiro atoms. The Morgan fingerprint density at radius 1 is 1.23 bits per heavy atom. The number of ether oxygens (including phenoxy) is 2. The van der Waals surface area contributed by atoms with E-state index < -0.39 is 10.0 Å². The summed E-state index contributed by atoms with van der Waals surface area (Å²) < 4.78 is 38.2. The van der Waals surface area contributed by atoms with Crippen LogP contribution in [0.3, 0.4) is 0 Å². The van der Waals surface area contributed by atoms with Crippen LogP contribution in [-0.2, 0) is 14.8 Å². The van der Waals surface area contributed by atoms with Crippen molar-refractivity contribution in [2.24, 2.45) is 4.99 Å². The summed E-state index contributed by atoms with van der Waals surface area (Å²) in [6, 6.07) is 9.66. The van der Waals surface area contributed by atoms with Crippen LogP contribution >= 0.6 is 24.0 Å². The van der Waals surface area contributed by atoms with Crippen LogP contribution in [-0.4, -0.2) is 65.6 Å². The monoisotopic (exact) mass is 554 g/mol. The van der Waals surface area contributed by atoms with Crippen LogP contribution in [0.2, 0.25) is 0 Å². The summed E-state index contributed by atoms with van der Waals surface area (Å²) in [4.78, 5) is 4.46. The van der Waals surface area contributed by atoms with Crippen molar-refractivity contribution < 1.29 is 17.9 Å². The smallest absolute Gasteiger partial charge is 0.213 e. The Kier molecular flexibility index (Phi) is 14.1. The van der Waals surface area contributed by atoms with Gasteiger partial charge in [-0.1, -0.05) is 18.2 Å². The molecule has 1 saturated heterocycles. The van der Waals surface area contributed by atoms with Gasteiger partial charge in [-0.3, -0.25) is 4.99 Å². The summed E-state index contributed by atoms with van der Waals surface area (Å²) in [7, 11) is -3.35. The van der Waals surface area contributed by atoms with E-state index in [9.17, 15) is 8.42 Å². The SMILES string of the molecule is CCNC(=NCCCOc1ccccc1)NCCS(=O)(=O)NCC1CCCCO1.I. The molecule has 30 heavy (non-hydrogen) atoms. The second-order valence-electron chi connectivity index (χ2n) is 6.86. The number of hydrogen-bond donors (Lipinski definition) is 3. The lowest BCUT2D eigenvalue weighted by Gasteiger charge is -2.22. The first kappa shape index (κ1) is 26.9. The minimum absolute atomic E-state index is 0. The molecule has 0 aromatic heterocycles. The molecule has 0 radical (unpaired) electrons. The van der Waals surface area contributed by atoms with E-state index in [2.05, 4.69) is 20.3 Å². The van der Waals surface area contributed by atoms with Crippen molar-refractivity contribution in [3.8, 4) is 5.75 Å². The van der Waals surface area contributed by atoms with Crippen LogP contribution in [0.1, 0.15) is 32.6 Å². The molecule has 0 aliphatic carbocycles. The summed E-state index contributed by atoms with van der Waals surface area (Å²) in [5, 5.41) is 6.20. The predicted octanol–water partition coefficient (Wildman–Crippen LogP) is 2.12. The molecule has 2 rings (SSSR count). The molecule has 1 atom stereocenters. The van der Waals surface area contributed by atoms with Gasteiger partial charge >= 0.3 is 0 Å². The molecule has 1 heterocycles. The molecule has 3 N–H and O–H groups in total. The molecule has 0 bridgehead atoms. The van der Waals surface area contributed by atoms with Crippen LogP contribution < -0.4 is 20.1 Å². The van der Waals surface area contributed by atoms with E-state index in [0.29, 0.717) is 38.8 Å². The lowest BCUT2D eigenvalue weighted by Crippen LogP contribution is -2.42. The Bertz CT molecular complexity index is 698. The van der Waals surface area contributed by atoms with Crippen molar-refractivity contribution in [3.63, 3.8) is 0 Å². The summed E-state index contributed by atoms with van der Waals surface area (Å²) >= 11 is 0. The number of benzene rings is 1. The Balaban J connectivity index is 0.00000450. The first-order valence-electron chi connectivity index (χ1n) is 10.4. The molecule has 1 unspecified atom stereocenters. The quantitative estimate of drug-likeness (QED) is 0.159. The van der Waals surface area contributed by atoms with E-state index in [1.165, 1.54) is 0 Å². The van der Waals surface area contributed by atoms with Gasteiger partial charge < -0.3 is 20.1 Å². The highest BCUT2D eigenvalue weighted by molar-refractivity contribution is 14.0. The summed E-state index contributed by atoms with van der Waals surface area (Å²) in [5.41, 5.74) is 0. The largest absolute Gasteiger partial charge is 0.494 e. The van der Waals surface area contributed by atoms with Crippen LogP contribution in [0.4, 0.5) is 0 Å². The summed E-state index contributed by atoms with van der Waals surface area (Å²) in [6.07, 6.45) is 3.81. The van der Waals surface area contributed by atoms with E-state index in [0.717, 1.165) is 31.4 Å². The van der Waals surface area contributed by atoms with Gasteiger partial charge in [0.05, 0.1) is 18.5 Å². The molecule has 172 valence electrons. The molecular weight excluding hydrogens is 519 g/mol. The van der Waals surface area contributed by atoms with Crippen molar-refractivity contribution in [3.05, 3.63) is 30.3 Å². The molecule has 1 aromatic rings. The highest BCUT2D eigenvalue weighted by atomic mass is 127. The molecule has 1 fully saturated rings. The highest BCUT2D eigenvalue weighted by Gasteiger charge is 2.17. The van der Waals surface area contributed by atoms with Gasteiger partial charge in [-0.15, -0.1) is 24.0 Å². The van der Waals surface area contributed by atoms with Crippen LogP contribution in [0.5, 0.6) is 5.75 Å². The maximum Gasteiger partial charge on any atom is 0.213 e. The van der Waals surface area contributed by atoms with Gasteiger partial charge in [-0.05, 0) is 38.3 Å². The zero-order chi connectivity index (χ0) is 20.8. The Morgan fingerprint density at radius 2 is 2.03 bits per heavy atom. The number of aliphatic imine (C=N–C) groups is 1. The third-order valence-corrected chi connectivity index (χ3v) is 5.74. The fourth-order valence-corrected chi connectivity index (χ4v) is 3.82. The number of guanidine groups is 1. The maximum absolute atomic E-state index is 12.2. The average molecular weight is 554 g/mol. The van der Waals surface area contributed by atoms with Gasteiger partial charge in [0.15, 0.2) is 5.96 Å². The molecule has 0 saturated carbocycles. The zero-order valence-corrected chi connectivity index (χ0v) is 20.8. The summed E-state index contributed by atoms with van der Waals surface area (Å²) in [5.74, 6) is 1.44. The second kappa shape index (κ2) is 15.7. The fourth-order valence-electron chi connectivity index (χ4n) is 2.87. The molecule has 1 aromatic carbocycles. The highest BCUT2D eigenvalue weighted by Crippen LogP contribution is 2.11. The van der Waals surface area contributed by atoms with Gasteiger partial charge in [0, 0.05) is 39.2 Å². The van der Waals surface area contributed by atoms with E-state index >= 15 is 0 Å². The molecular formula is C20H35IN4O4S. The topological polar surface area (TPSA) is 101 Å². The van der Waals surface area contributed by atoms with Gasteiger partial charge in [-0.25, -0.2) is 13.1 Å². The number of nitrogens with one attached hydrogen (secondary N) is 3. The van der Waals surface area contributed by atoms with Gasteiger partial charge in [0.1, 0.15) is 5.75 Å². The fraction of sp³-hybridized carbons (Fsp3) is 0.650. The Hall–Kier alpha value is -1.11. The normalized spacial score (nSPS) is 17.1. The van der Waals surface area contributed by atoms with Crippen molar-refractivity contribution in [2.45, 2.75) is 38.7 Å². The molecule has 1 aliphatic rings. The molecule has 1 aliphatic heterocycles. The van der Waals surface area contributed by atoms with Crippen molar-refractivity contribution in [1.29, 1.82) is 0 Å². The Morgan fingerprint density at radius 3 is 2.73 bits per heavy atom. The number of halogens is 1. The van der Waals surface area contributed by atoms with Crippen molar-refractivity contribution in [1.82, 2.24) is 15.4 Å². The van der Waals surface area contributed by atoms with Gasteiger partial charge in [0.25, 0.3) is 0 Å². The minimum atomic E-state index is -3.35. The van der Waals surface area contributed by atoms with Crippen LogP contribution in [0.25, 0.3) is 0 Å². The number of sulfonamides is 1. The maximum atomic E-state index is 12.2. The molecule has 10 heteroatoms. The minimum Gasteiger partial charge on any atom is -0.494 e.